The molecule has 2 heteroatoms. The Labute approximate surface area is 96.0 Å². The van der Waals surface area contributed by atoms with Crippen LogP contribution in [0.2, 0.25) is 0 Å². The molecule has 0 aliphatic rings. The second-order valence-corrected chi connectivity index (χ2v) is 3.56. The fourth-order valence-electron chi connectivity index (χ4n) is 1.14. The molecule has 0 heterocycles. The minimum absolute atomic E-state index is 0.538. The summed E-state index contributed by atoms with van der Waals surface area (Å²) < 4.78 is 5.38. The molecule has 0 amide bonds. The van der Waals surface area contributed by atoms with Gasteiger partial charge in [-0.2, -0.15) is 0 Å². The van der Waals surface area contributed by atoms with Crippen molar-refractivity contribution in [3.05, 3.63) is 48.1 Å². The van der Waals surface area contributed by atoms with Gasteiger partial charge in [0.2, 0.25) is 0 Å². The molecule has 0 aliphatic heterocycles. The summed E-state index contributed by atoms with van der Waals surface area (Å²) in [5.74, 6) is 1.42. The standard InChI is InChI=1S/C13H15ClO/c1-3-8-15-13-6-4-12(5-7-13)9-11(2)10-14/h3-7,9H,1,8,10H2,2H3. The van der Waals surface area contributed by atoms with Gasteiger partial charge in [0.05, 0.1) is 0 Å². The van der Waals surface area contributed by atoms with Crippen LogP contribution in [-0.2, 0) is 0 Å². The normalized spacial score (nSPS) is 11.2. The molecular weight excluding hydrogens is 208 g/mol. The van der Waals surface area contributed by atoms with Crippen molar-refractivity contribution in [3.8, 4) is 5.75 Å². The van der Waals surface area contributed by atoms with Crippen molar-refractivity contribution in [2.45, 2.75) is 6.92 Å². The first-order valence-electron chi connectivity index (χ1n) is 4.83. The quantitative estimate of drug-likeness (QED) is 0.543. The molecule has 0 aliphatic carbocycles. The van der Waals surface area contributed by atoms with Gasteiger partial charge >= 0.3 is 0 Å². The minimum atomic E-state index is 0.538. The van der Waals surface area contributed by atoms with Crippen LogP contribution < -0.4 is 4.74 Å². The molecule has 0 aromatic heterocycles. The maximum absolute atomic E-state index is 5.70. The average molecular weight is 223 g/mol. The first kappa shape index (κ1) is 11.9. The van der Waals surface area contributed by atoms with Crippen LogP contribution >= 0.6 is 11.6 Å². The highest BCUT2D eigenvalue weighted by molar-refractivity contribution is 6.19. The summed E-state index contributed by atoms with van der Waals surface area (Å²) in [6.07, 6.45) is 3.79. The predicted molar refractivity (Wildman–Crippen MR) is 66.5 cm³/mol. The second-order valence-electron chi connectivity index (χ2n) is 3.29. The molecule has 0 saturated carbocycles. The summed E-state index contributed by atoms with van der Waals surface area (Å²) in [5, 5.41) is 0. The third-order valence-corrected chi connectivity index (χ3v) is 2.29. The maximum Gasteiger partial charge on any atom is 0.119 e. The summed E-state index contributed by atoms with van der Waals surface area (Å²) >= 11 is 5.70. The Morgan fingerprint density at radius 3 is 2.60 bits per heavy atom. The van der Waals surface area contributed by atoms with Gasteiger partial charge in [0.1, 0.15) is 12.4 Å². The second kappa shape index (κ2) is 6.31. The van der Waals surface area contributed by atoms with E-state index in [1.807, 2.05) is 31.2 Å². The summed E-state index contributed by atoms with van der Waals surface area (Å²) in [7, 11) is 0. The van der Waals surface area contributed by atoms with E-state index >= 15 is 0 Å². The predicted octanol–water partition coefficient (Wildman–Crippen LogP) is 3.89. The third-order valence-electron chi connectivity index (χ3n) is 1.87. The topological polar surface area (TPSA) is 9.23 Å². The molecule has 80 valence electrons. The molecule has 1 aromatic carbocycles. The van der Waals surface area contributed by atoms with Crippen LogP contribution in [0.25, 0.3) is 6.08 Å². The number of allylic oxidation sites excluding steroid dienone is 1. The van der Waals surface area contributed by atoms with E-state index in [0.29, 0.717) is 12.5 Å². The Morgan fingerprint density at radius 1 is 1.40 bits per heavy atom. The van der Waals surface area contributed by atoms with Gasteiger partial charge in [0, 0.05) is 5.88 Å². The van der Waals surface area contributed by atoms with Gasteiger partial charge in [-0.1, -0.05) is 36.4 Å². The van der Waals surface area contributed by atoms with Crippen molar-refractivity contribution < 1.29 is 4.74 Å². The fourth-order valence-corrected chi connectivity index (χ4v) is 1.22. The van der Waals surface area contributed by atoms with E-state index in [0.717, 1.165) is 16.9 Å². The molecule has 0 bridgehead atoms. The first-order valence-corrected chi connectivity index (χ1v) is 5.36. The Kier molecular flexibility index (Phi) is 4.99. The number of alkyl halides is 1. The van der Waals surface area contributed by atoms with Crippen LogP contribution in [0.3, 0.4) is 0 Å². The Bertz CT molecular complexity index is 338. The van der Waals surface area contributed by atoms with Crippen LogP contribution in [0, 0.1) is 0 Å². The molecule has 0 atom stereocenters. The van der Waals surface area contributed by atoms with E-state index in [1.54, 1.807) is 6.08 Å². The first-order chi connectivity index (χ1) is 7.26. The number of hydrogen-bond acceptors (Lipinski definition) is 1. The van der Waals surface area contributed by atoms with Gasteiger partial charge < -0.3 is 4.74 Å². The zero-order chi connectivity index (χ0) is 11.1. The highest BCUT2D eigenvalue weighted by Gasteiger charge is 1.93. The lowest BCUT2D eigenvalue weighted by Gasteiger charge is -2.03. The highest BCUT2D eigenvalue weighted by Crippen LogP contribution is 2.14. The molecule has 1 aromatic rings. The van der Waals surface area contributed by atoms with Gasteiger partial charge in [-0.3, -0.25) is 0 Å². The molecule has 0 radical (unpaired) electrons. The largest absolute Gasteiger partial charge is 0.490 e. The number of rotatable bonds is 5. The Balaban J connectivity index is 2.67. The lowest BCUT2D eigenvalue weighted by Crippen LogP contribution is -1.92. The number of ether oxygens (including phenoxy) is 1. The van der Waals surface area contributed by atoms with Gasteiger partial charge in [0.15, 0.2) is 0 Å². The van der Waals surface area contributed by atoms with E-state index in [1.165, 1.54) is 0 Å². The van der Waals surface area contributed by atoms with Crippen molar-refractivity contribution in [1.82, 2.24) is 0 Å². The van der Waals surface area contributed by atoms with E-state index in [-0.39, 0.29) is 0 Å². The van der Waals surface area contributed by atoms with Crippen molar-refractivity contribution >= 4 is 17.7 Å². The zero-order valence-corrected chi connectivity index (χ0v) is 9.63. The monoisotopic (exact) mass is 222 g/mol. The van der Waals surface area contributed by atoms with Crippen molar-refractivity contribution in [3.63, 3.8) is 0 Å². The fraction of sp³-hybridized carbons (Fsp3) is 0.231. The number of hydrogen-bond donors (Lipinski definition) is 0. The van der Waals surface area contributed by atoms with Gasteiger partial charge in [-0.15, -0.1) is 11.6 Å². The summed E-state index contributed by atoms with van der Waals surface area (Å²) in [6, 6.07) is 7.90. The van der Waals surface area contributed by atoms with E-state index in [2.05, 4.69) is 12.7 Å². The van der Waals surface area contributed by atoms with Crippen LogP contribution in [0.4, 0.5) is 0 Å². The van der Waals surface area contributed by atoms with E-state index in [4.69, 9.17) is 16.3 Å². The molecule has 1 nitrogen and oxygen atoms in total. The molecule has 15 heavy (non-hydrogen) atoms. The zero-order valence-electron chi connectivity index (χ0n) is 8.87. The molecule has 0 N–H and O–H groups in total. The Hall–Kier alpha value is -1.21. The summed E-state index contributed by atoms with van der Waals surface area (Å²) in [6.45, 7) is 6.14. The van der Waals surface area contributed by atoms with Crippen LogP contribution in [0.1, 0.15) is 12.5 Å². The molecule has 1 rings (SSSR count). The molecule has 0 saturated heterocycles. The minimum Gasteiger partial charge on any atom is -0.490 e. The summed E-state index contributed by atoms with van der Waals surface area (Å²) in [4.78, 5) is 0. The third kappa shape index (κ3) is 4.22. The number of benzene rings is 1. The SMILES string of the molecule is C=CCOc1ccc(C=C(C)CCl)cc1. The van der Waals surface area contributed by atoms with Crippen LogP contribution in [0.5, 0.6) is 5.75 Å². The van der Waals surface area contributed by atoms with Crippen molar-refractivity contribution in [2.75, 3.05) is 12.5 Å². The van der Waals surface area contributed by atoms with Gasteiger partial charge in [0.25, 0.3) is 0 Å². The van der Waals surface area contributed by atoms with Gasteiger partial charge in [-0.25, -0.2) is 0 Å². The molecular formula is C13H15ClO. The van der Waals surface area contributed by atoms with Crippen molar-refractivity contribution in [2.24, 2.45) is 0 Å². The number of halogens is 1. The van der Waals surface area contributed by atoms with E-state index < -0.39 is 0 Å². The average Bonchev–Trinajstić information content (AvgIpc) is 2.28. The lowest BCUT2D eigenvalue weighted by atomic mass is 10.1. The van der Waals surface area contributed by atoms with E-state index in [9.17, 15) is 0 Å². The molecule has 0 unspecified atom stereocenters. The van der Waals surface area contributed by atoms with Crippen LogP contribution in [0.15, 0.2) is 42.5 Å². The Morgan fingerprint density at radius 2 is 2.07 bits per heavy atom. The smallest absolute Gasteiger partial charge is 0.119 e. The lowest BCUT2D eigenvalue weighted by molar-refractivity contribution is 0.363. The summed E-state index contributed by atoms with van der Waals surface area (Å²) in [5.41, 5.74) is 2.29. The highest BCUT2D eigenvalue weighted by atomic mass is 35.5. The van der Waals surface area contributed by atoms with Gasteiger partial charge in [-0.05, 0) is 24.6 Å². The van der Waals surface area contributed by atoms with Crippen LogP contribution in [-0.4, -0.2) is 12.5 Å². The maximum atomic E-state index is 5.70. The molecule has 0 spiro atoms. The molecule has 0 fully saturated rings. The van der Waals surface area contributed by atoms with Crippen molar-refractivity contribution in [1.29, 1.82) is 0 Å².